The van der Waals surface area contributed by atoms with Crippen LogP contribution in [0.2, 0.25) is 0 Å². The molecule has 7 heteroatoms. The van der Waals surface area contributed by atoms with Gasteiger partial charge < -0.3 is 4.74 Å². The third kappa shape index (κ3) is 3.61. The van der Waals surface area contributed by atoms with Gasteiger partial charge in [-0.05, 0) is 19.9 Å². The summed E-state index contributed by atoms with van der Waals surface area (Å²) in [6.45, 7) is 3.93. The molecule has 0 aliphatic carbocycles. The lowest BCUT2D eigenvalue weighted by molar-refractivity contribution is -0.142. The minimum absolute atomic E-state index is 0.259. The zero-order valence-corrected chi connectivity index (χ0v) is 13.5. The van der Waals surface area contributed by atoms with Gasteiger partial charge in [0, 0.05) is 10.0 Å². The van der Waals surface area contributed by atoms with Crippen LogP contribution in [0.5, 0.6) is 0 Å². The Hall–Kier alpha value is -1.34. The SMILES string of the molecule is CCOC(=O)[C@H](C)Sc1n[nH]c(-c2ccccc2Br)n1. The Balaban J connectivity index is 2.10. The maximum absolute atomic E-state index is 11.6. The second kappa shape index (κ2) is 6.90. The van der Waals surface area contributed by atoms with Crippen LogP contribution in [-0.4, -0.2) is 33.0 Å². The molecule has 0 amide bonds. The van der Waals surface area contributed by atoms with E-state index in [4.69, 9.17) is 4.74 Å². The van der Waals surface area contributed by atoms with E-state index in [9.17, 15) is 4.79 Å². The number of benzene rings is 1. The van der Waals surface area contributed by atoms with Gasteiger partial charge >= 0.3 is 5.97 Å². The van der Waals surface area contributed by atoms with Gasteiger partial charge in [-0.15, -0.1) is 5.10 Å². The van der Waals surface area contributed by atoms with Crippen LogP contribution in [0.4, 0.5) is 0 Å². The van der Waals surface area contributed by atoms with Crippen LogP contribution in [0.1, 0.15) is 13.8 Å². The molecule has 0 saturated heterocycles. The van der Waals surface area contributed by atoms with E-state index < -0.39 is 0 Å². The van der Waals surface area contributed by atoms with Crippen molar-refractivity contribution in [3.63, 3.8) is 0 Å². The fourth-order valence-electron chi connectivity index (χ4n) is 1.54. The van der Waals surface area contributed by atoms with Gasteiger partial charge in [0.2, 0.25) is 5.16 Å². The first-order chi connectivity index (χ1) is 9.61. The van der Waals surface area contributed by atoms with Crippen LogP contribution in [-0.2, 0) is 9.53 Å². The van der Waals surface area contributed by atoms with E-state index in [1.165, 1.54) is 11.8 Å². The van der Waals surface area contributed by atoms with Crippen molar-refractivity contribution in [3.8, 4) is 11.4 Å². The van der Waals surface area contributed by atoms with Crippen molar-refractivity contribution in [2.45, 2.75) is 24.3 Å². The molecule has 0 fully saturated rings. The van der Waals surface area contributed by atoms with Gasteiger partial charge in [0.1, 0.15) is 5.25 Å². The number of nitrogens with zero attached hydrogens (tertiary/aromatic N) is 2. The highest BCUT2D eigenvalue weighted by atomic mass is 79.9. The number of hydrogen-bond acceptors (Lipinski definition) is 5. The number of esters is 1. The quantitative estimate of drug-likeness (QED) is 0.658. The number of H-pyrrole nitrogens is 1. The number of nitrogens with one attached hydrogen (secondary N) is 1. The molecule has 1 atom stereocenters. The summed E-state index contributed by atoms with van der Waals surface area (Å²) in [5.41, 5.74) is 0.927. The second-order valence-electron chi connectivity index (χ2n) is 3.96. The monoisotopic (exact) mass is 355 g/mol. The van der Waals surface area contributed by atoms with Crippen molar-refractivity contribution in [1.29, 1.82) is 0 Å². The van der Waals surface area contributed by atoms with Crippen molar-refractivity contribution >= 4 is 33.7 Å². The van der Waals surface area contributed by atoms with Crippen molar-refractivity contribution < 1.29 is 9.53 Å². The number of rotatable bonds is 5. The standard InChI is InChI=1S/C13H14BrN3O2S/c1-3-19-12(18)8(2)20-13-15-11(16-17-13)9-6-4-5-7-10(9)14/h4-8H,3H2,1-2H3,(H,15,16,17)/t8-/m0/s1. The third-order valence-electron chi connectivity index (χ3n) is 2.49. The fourth-order valence-corrected chi connectivity index (χ4v) is 2.73. The minimum Gasteiger partial charge on any atom is -0.465 e. The van der Waals surface area contributed by atoms with Crippen LogP contribution in [0, 0.1) is 0 Å². The van der Waals surface area contributed by atoms with Crippen molar-refractivity contribution in [1.82, 2.24) is 15.2 Å². The first-order valence-electron chi connectivity index (χ1n) is 6.12. The lowest BCUT2D eigenvalue weighted by atomic mass is 10.2. The van der Waals surface area contributed by atoms with E-state index in [0.717, 1.165) is 10.0 Å². The van der Waals surface area contributed by atoms with Gasteiger partial charge in [-0.1, -0.05) is 45.9 Å². The second-order valence-corrected chi connectivity index (χ2v) is 6.12. The van der Waals surface area contributed by atoms with Gasteiger partial charge in [-0.3, -0.25) is 9.89 Å². The lowest BCUT2D eigenvalue weighted by Gasteiger charge is -2.06. The van der Waals surface area contributed by atoms with E-state index in [1.807, 2.05) is 24.3 Å². The molecule has 0 bridgehead atoms. The maximum atomic E-state index is 11.6. The zero-order valence-electron chi connectivity index (χ0n) is 11.1. The molecule has 0 aliphatic heterocycles. The number of thioether (sulfide) groups is 1. The first-order valence-corrected chi connectivity index (χ1v) is 7.79. The molecule has 20 heavy (non-hydrogen) atoms. The predicted molar refractivity (Wildman–Crippen MR) is 81.5 cm³/mol. The number of aromatic amines is 1. The highest BCUT2D eigenvalue weighted by molar-refractivity contribution is 9.10. The van der Waals surface area contributed by atoms with E-state index in [-0.39, 0.29) is 11.2 Å². The first kappa shape index (κ1) is 15.1. The number of carbonyl (C=O) groups is 1. The molecule has 0 radical (unpaired) electrons. The number of ether oxygens (including phenoxy) is 1. The molecule has 2 aromatic rings. The normalized spacial score (nSPS) is 12.2. The van der Waals surface area contributed by atoms with Gasteiger partial charge in [0.05, 0.1) is 6.61 Å². The van der Waals surface area contributed by atoms with Crippen molar-refractivity contribution in [2.24, 2.45) is 0 Å². The molecule has 1 N–H and O–H groups in total. The summed E-state index contributed by atoms with van der Waals surface area (Å²) < 4.78 is 5.89. The number of carbonyl (C=O) groups excluding carboxylic acids is 1. The topological polar surface area (TPSA) is 67.9 Å². The molecule has 0 unspecified atom stereocenters. The molecule has 1 aromatic heterocycles. The molecule has 2 rings (SSSR count). The van der Waals surface area contributed by atoms with Gasteiger partial charge in [0.25, 0.3) is 0 Å². The van der Waals surface area contributed by atoms with Gasteiger partial charge in [0.15, 0.2) is 5.82 Å². The molecule has 0 aliphatic rings. The van der Waals surface area contributed by atoms with E-state index in [0.29, 0.717) is 17.6 Å². The van der Waals surface area contributed by atoms with Crippen LogP contribution in [0.25, 0.3) is 11.4 Å². The highest BCUT2D eigenvalue weighted by Gasteiger charge is 2.18. The number of hydrogen-bond donors (Lipinski definition) is 1. The van der Waals surface area contributed by atoms with Crippen LogP contribution >= 0.6 is 27.7 Å². The largest absolute Gasteiger partial charge is 0.465 e. The molecule has 106 valence electrons. The van der Waals surface area contributed by atoms with Gasteiger partial charge in [-0.2, -0.15) is 0 Å². The third-order valence-corrected chi connectivity index (χ3v) is 4.13. The summed E-state index contributed by atoms with van der Waals surface area (Å²) in [6, 6.07) is 7.73. The van der Waals surface area contributed by atoms with E-state index in [1.54, 1.807) is 13.8 Å². The van der Waals surface area contributed by atoms with Crippen molar-refractivity contribution in [3.05, 3.63) is 28.7 Å². The Bertz CT molecular complexity index is 603. The predicted octanol–water partition coefficient (Wildman–Crippen LogP) is 3.28. The van der Waals surface area contributed by atoms with Gasteiger partial charge in [-0.25, -0.2) is 4.98 Å². The fraction of sp³-hybridized carbons (Fsp3) is 0.308. The van der Waals surface area contributed by atoms with Crippen LogP contribution < -0.4 is 0 Å². The number of aromatic nitrogens is 3. The molecular formula is C13H14BrN3O2S. The molecule has 5 nitrogen and oxygen atoms in total. The summed E-state index contributed by atoms with van der Waals surface area (Å²) in [4.78, 5) is 15.9. The molecule has 1 aromatic carbocycles. The summed E-state index contributed by atoms with van der Waals surface area (Å²) in [5, 5.41) is 7.18. The Morgan fingerprint density at radius 3 is 2.95 bits per heavy atom. The molecule has 0 saturated carbocycles. The molecular weight excluding hydrogens is 342 g/mol. The summed E-state index contributed by atoms with van der Waals surface area (Å²) in [6.07, 6.45) is 0. The molecule has 0 spiro atoms. The number of halogens is 1. The average molecular weight is 356 g/mol. The Kier molecular flexibility index (Phi) is 5.19. The van der Waals surface area contributed by atoms with Crippen molar-refractivity contribution in [2.75, 3.05) is 6.61 Å². The minimum atomic E-state index is -0.335. The van der Waals surface area contributed by atoms with Crippen LogP contribution in [0.15, 0.2) is 33.9 Å². The lowest BCUT2D eigenvalue weighted by Crippen LogP contribution is -2.16. The summed E-state index contributed by atoms with van der Waals surface area (Å²) in [7, 11) is 0. The Morgan fingerprint density at radius 2 is 2.25 bits per heavy atom. The Labute approximate surface area is 129 Å². The summed E-state index contributed by atoms with van der Waals surface area (Å²) in [5.74, 6) is 0.403. The maximum Gasteiger partial charge on any atom is 0.319 e. The van der Waals surface area contributed by atoms with Crippen LogP contribution in [0.3, 0.4) is 0 Å². The smallest absolute Gasteiger partial charge is 0.319 e. The Morgan fingerprint density at radius 1 is 1.50 bits per heavy atom. The molecule has 1 heterocycles. The van der Waals surface area contributed by atoms with E-state index in [2.05, 4.69) is 31.1 Å². The highest BCUT2D eigenvalue weighted by Crippen LogP contribution is 2.27. The van der Waals surface area contributed by atoms with E-state index >= 15 is 0 Å². The average Bonchev–Trinajstić information content (AvgIpc) is 2.87. The zero-order chi connectivity index (χ0) is 14.5. The summed E-state index contributed by atoms with van der Waals surface area (Å²) >= 11 is 4.74.